The normalized spacial score (nSPS) is 27.2. The highest BCUT2D eigenvalue weighted by atomic mass is 35.5. The molecule has 2 aliphatic heterocycles. The average molecular weight is 513 g/mol. The number of amides is 2. The Balaban J connectivity index is 1.85. The first-order valence-electron chi connectivity index (χ1n) is 10.5. The van der Waals surface area contributed by atoms with Crippen molar-refractivity contribution in [1.29, 1.82) is 0 Å². The van der Waals surface area contributed by atoms with Crippen LogP contribution in [0.1, 0.15) is 24.1 Å². The monoisotopic (exact) mass is 512 g/mol. The molecule has 3 N–H and O–H groups in total. The number of carboxylic acids is 1. The molecule has 0 aliphatic carbocycles. The van der Waals surface area contributed by atoms with E-state index in [-0.39, 0.29) is 16.3 Å². The first-order valence-corrected chi connectivity index (χ1v) is 10.8. The van der Waals surface area contributed by atoms with Gasteiger partial charge in [-0.2, -0.15) is 0 Å². The molecule has 0 bridgehead atoms. The number of nitrogens with zero attached hydrogens (tertiary/aromatic N) is 1. The molecule has 2 fully saturated rings. The lowest BCUT2D eigenvalue weighted by molar-refractivity contribution is -0.274. The summed E-state index contributed by atoms with van der Waals surface area (Å²) in [5.41, 5.74) is -1.41. The number of fused-ring (bicyclic) bond motifs is 1. The summed E-state index contributed by atoms with van der Waals surface area (Å²) >= 11 is 6.16. The summed E-state index contributed by atoms with van der Waals surface area (Å²) < 4.78 is 42.2. The van der Waals surface area contributed by atoms with Crippen LogP contribution >= 0.6 is 11.6 Å². The second-order valence-electron chi connectivity index (χ2n) is 8.54. The number of nitrogens with one attached hydrogen (secondary N) is 1. The molecule has 12 heteroatoms. The third kappa shape index (κ3) is 4.03. The van der Waals surface area contributed by atoms with Crippen molar-refractivity contribution in [1.82, 2.24) is 5.32 Å². The summed E-state index contributed by atoms with van der Waals surface area (Å²) in [6, 6.07) is 7.90. The van der Waals surface area contributed by atoms with E-state index in [1.54, 1.807) is 13.0 Å². The Kier molecular flexibility index (Phi) is 6.06. The zero-order chi connectivity index (χ0) is 25.9. The van der Waals surface area contributed by atoms with Gasteiger partial charge in [0.05, 0.1) is 23.6 Å². The molecular formula is C23H20ClF3N2O6. The fraction of sp³-hybridized carbons (Fsp3) is 0.348. The van der Waals surface area contributed by atoms with Gasteiger partial charge in [-0.25, -0.2) is 4.90 Å². The predicted octanol–water partition coefficient (Wildman–Crippen LogP) is 3.20. The fourth-order valence-corrected chi connectivity index (χ4v) is 5.04. The highest BCUT2D eigenvalue weighted by molar-refractivity contribution is 6.32. The third-order valence-electron chi connectivity index (χ3n) is 6.47. The number of carboxylic acid groups (broad SMARTS) is 1. The van der Waals surface area contributed by atoms with Crippen LogP contribution in [0.3, 0.4) is 0 Å². The molecule has 2 saturated heterocycles. The number of halogens is 4. The summed E-state index contributed by atoms with van der Waals surface area (Å²) in [6.07, 6.45) is -6.62. The molecule has 0 saturated carbocycles. The van der Waals surface area contributed by atoms with Crippen LogP contribution < -0.4 is 15.0 Å². The zero-order valence-corrected chi connectivity index (χ0v) is 19.1. The number of hydrogen-bond donors (Lipinski definition) is 3. The zero-order valence-electron chi connectivity index (χ0n) is 18.3. The quantitative estimate of drug-likeness (QED) is 0.527. The van der Waals surface area contributed by atoms with Crippen LogP contribution in [0.5, 0.6) is 5.75 Å². The van der Waals surface area contributed by atoms with Gasteiger partial charge in [0.25, 0.3) is 0 Å². The van der Waals surface area contributed by atoms with Gasteiger partial charge < -0.3 is 14.9 Å². The molecule has 8 nitrogen and oxygen atoms in total. The number of carbonyl (C=O) groups excluding carboxylic acids is 2. The second-order valence-corrected chi connectivity index (χ2v) is 8.95. The van der Waals surface area contributed by atoms with Gasteiger partial charge in [0.2, 0.25) is 11.8 Å². The van der Waals surface area contributed by atoms with Crippen molar-refractivity contribution in [3.05, 3.63) is 58.6 Å². The molecule has 5 unspecified atom stereocenters. The first kappa shape index (κ1) is 25.0. The SMILES string of the molecule is Cc1ccc(N2C(=O)C3C(c4cccc(OC(F)(F)F)c4)NC(C(=O)O)(C(C)O)C3C2=O)cc1Cl. The van der Waals surface area contributed by atoms with Crippen LogP contribution in [-0.4, -0.2) is 46.0 Å². The van der Waals surface area contributed by atoms with Gasteiger partial charge >= 0.3 is 12.3 Å². The molecule has 35 heavy (non-hydrogen) atoms. The maximum atomic E-state index is 13.6. The van der Waals surface area contributed by atoms with Crippen LogP contribution in [0.4, 0.5) is 18.9 Å². The Hall–Kier alpha value is -3.15. The third-order valence-corrected chi connectivity index (χ3v) is 6.88. The Labute approximate surface area is 202 Å². The first-order chi connectivity index (χ1) is 16.3. The summed E-state index contributed by atoms with van der Waals surface area (Å²) in [5.74, 6) is -6.71. The van der Waals surface area contributed by atoms with E-state index in [1.165, 1.54) is 24.3 Å². The number of alkyl halides is 3. The predicted molar refractivity (Wildman–Crippen MR) is 117 cm³/mol. The molecule has 2 aromatic carbocycles. The number of carbonyl (C=O) groups is 3. The minimum absolute atomic E-state index is 0.0791. The molecule has 2 heterocycles. The number of benzene rings is 2. The van der Waals surface area contributed by atoms with E-state index < -0.39 is 59.4 Å². The highest BCUT2D eigenvalue weighted by Crippen LogP contribution is 2.51. The Morgan fingerprint density at radius 2 is 1.89 bits per heavy atom. The molecule has 2 aromatic rings. The van der Waals surface area contributed by atoms with Crippen LogP contribution in [0, 0.1) is 18.8 Å². The molecule has 2 aliphatic rings. The number of aliphatic hydroxyl groups excluding tert-OH is 1. The average Bonchev–Trinajstić information content (AvgIpc) is 3.24. The van der Waals surface area contributed by atoms with Crippen LogP contribution in [-0.2, 0) is 14.4 Å². The lowest BCUT2D eigenvalue weighted by Gasteiger charge is -2.33. The number of aliphatic hydroxyl groups is 1. The van der Waals surface area contributed by atoms with Gasteiger partial charge in [0.1, 0.15) is 5.75 Å². The van der Waals surface area contributed by atoms with E-state index in [0.29, 0.717) is 5.56 Å². The van der Waals surface area contributed by atoms with Gasteiger partial charge in [-0.3, -0.25) is 19.7 Å². The van der Waals surface area contributed by atoms with E-state index in [9.17, 15) is 37.8 Å². The van der Waals surface area contributed by atoms with E-state index in [2.05, 4.69) is 10.1 Å². The maximum absolute atomic E-state index is 13.6. The lowest BCUT2D eigenvalue weighted by atomic mass is 9.76. The summed E-state index contributed by atoms with van der Waals surface area (Å²) in [6.45, 7) is 2.88. The minimum atomic E-state index is -4.98. The number of ether oxygens (including phenoxy) is 1. The van der Waals surface area contributed by atoms with E-state index in [0.717, 1.165) is 24.0 Å². The van der Waals surface area contributed by atoms with Crippen molar-refractivity contribution in [3.8, 4) is 5.75 Å². The fourth-order valence-electron chi connectivity index (χ4n) is 4.87. The van der Waals surface area contributed by atoms with Crippen LogP contribution in [0.2, 0.25) is 5.02 Å². The molecule has 0 radical (unpaired) electrons. The van der Waals surface area contributed by atoms with Gasteiger partial charge in [-0.1, -0.05) is 29.8 Å². The van der Waals surface area contributed by atoms with Gasteiger partial charge in [-0.05, 0) is 49.2 Å². The van der Waals surface area contributed by atoms with Gasteiger partial charge in [0, 0.05) is 11.1 Å². The van der Waals surface area contributed by atoms with Crippen LogP contribution in [0.15, 0.2) is 42.5 Å². The Bertz CT molecular complexity index is 1220. The van der Waals surface area contributed by atoms with Crippen molar-refractivity contribution in [2.75, 3.05) is 4.90 Å². The van der Waals surface area contributed by atoms with Crippen molar-refractivity contribution in [2.24, 2.45) is 11.8 Å². The van der Waals surface area contributed by atoms with E-state index in [4.69, 9.17) is 11.6 Å². The van der Waals surface area contributed by atoms with E-state index in [1.807, 2.05) is 0 Å². The second kappa shape index (κ2) is 8.51. The standard InChI is InChI=1S/C23H20ClF3N2O6/c1-10-6-7-13(9-15(10)24)29-19(31)16-17(20(29)32)22(11(2)30,21(33)34)28-18(16)12-4-3-5-14(8-12)35-23(25,26)27/h3-9,11,16-18,28,30H,1-2H3,(H,33,34). The molecular weight excluding hydrogens is 493 g/mol. The van der Waals surface area contributed by atoms with E-state index >= 15 is 0 Å². The number of rotatable bonds is 5. The van der Waals surface area contributed by atoms with Crippen molar-refractivity contribution in [3.63, 3.8) is 0 Å². The molecule has 0 spiro atoms. The topological polar surface area (TPSA) is 116 Å². The number of hydrogen-bond acceptors (Lipinski definition) is 6. The van der Waals surface area contributed by atoms with Crippen molar-refractivity contribution < 1.29 is 42.5 Å². The number of aryl methyl sites for hydroxylation is 1. The molecule has 186 valence electrons. The number of anilines is 1. The van der Waals surface area contributed by atoms with Crippen molar-refractivity contribution in [2.45, 2.75) is 37.9 Å². The van der Waals surface area contributed by atoms with Gasteiger partial charge in [-0.15, -0.1) is 13.2 Å². The smallest absolute Gasteiger partial charge is 0.480 e. The van der Waals surface area contributed by atoms with Gasteiger partial charge in [0.15, 0.2) is 5.54 Å². The molecule has 0 aromatic heterocycles. The maximum Gasteiger partial charge on any atom is 0.573 e. The summed E-state index contributed by atoms with van der Waals surface area (Å²) in [7, 11) is 0. The molecule has 5 atom stereocenters. The Morgan fingerprint density at radius 1 is 1.20 bits per heavy atom. The number of aliphatic carboxylic acids is 1. The highest BCUT2D eigenvalue weighted by Gasteiger charge is 2.70. The summed E-state index contributed by atoms with van der Waals surface area (Å²) in [5, 5.41) is 23.6. The lowest BCUT2D eigenvalue weighted by Crippen LogP contribution is -2.62. The molecule has 4 rings (SSSR count). The number of imide groups is 1. The summed E-state index contributed by atoms with van der Waals surface area (Å²) in [4.78, 5) is 40.3. The van der Waals surface area contributed by atoms with Crippen molar-refractivity contribution >= 4 is 35.1 Å². The molecule has 2 amide bonds. The Morgan fingerprint density at radius 3 is 2.46 bits per heavy atom. The largest absolute Gasteiger partial charge is 0.573 e. The van der Waals surface area contributed by atoms with Crippen LogP contribution in [0.25, 0.3) is 0 Å². The minimum Gasteiger partial charge on any atom is -0.480 e.